The maximum absolute atomic E-state index is 11.0. The molecular weight excluding hydrogens is 262 g/mol. The number of benzene rings is 2. The van der Waals surface area contributed by atoms with Gasteiger partial charge in [-0.1, -0.05) is 42.5 Å². The van der Waals surface area contributed by atoms with Crippen LogP contribution in [0.15, 0.2) is 54.6 Å². The van der Waals surface area contributed by atoms with Gasteiger partial charge < -0.3 is 10.4 Å². The monoisotopic (exact) mass is 281 g/mol. The molecule has 1 aliphatic carbocycles. The third-order valence-corrected chi connectivity index (χ3v) is 3.95. The Morgan fingerprint density at radius 2 is 1.90 bits per heavy atom. The zero-order chi connectivity index (χ0) is 14.7. The number of nitrogens with one attached hydrogen (secondary N) is 1. The Morgan fingerprint density at radius 1 is 1.14 bits per heavy atom. The van der Waals surface area contributed by atoms with Gasteiger partial charge in [-0.2, -0.15) is 0 Å². The average Bonchev–Trinajstić information content (AvgIpc) is 3.34. The molecule has 2 N–H and O–H groups in total. The van der Waals surface area contributed by atoms with Gasteiger partial charge in [0.15, 0.2) is 0 Å². The summed E-state index contributed by atoms with van der Waals surface area (Å²) >= 11 is 0. The summed E-state index contributed by atoms with van der Waals surface area (Å²) in [7, 11) is 0. The van der Waals surface area contributed by atoms with Crippen LogP contribution in [-0.2, 0) is 6.54 Å². The third-order valence-electron chi connectivity index (χ3n) is 3.95. The molecule has 2 aromatic rings. The van der Waals surface area contributed by atoms with Crippen molar-refractivity contribution in [3.8, 4) is 0 Å². The summed E-state index contributed by atoms with van der Waals surface area (Å²) in [5.74, 6) is -0.172. The minimum atomic E-state index is -0.876. The molecule has 0 radical (unpaired) electrons. The summed E-state index contributed by atoms with van der Waals surface area (Å²) in [6.07, 6.45) is 2.53. The SMILES string of the molecule is O=C(O)c1cccc(CNC(c2ccccc2)C2CC2)c1. The largest absolute Gasteiger partial charge is 0.478 e. The van der Waals surface area contributed by atoms with Crippen molar-refractivity contribution in [2.45, 2.75) is 25.4 Å². The van der Waals surface area contributed by atoms with E-state index in [1.165, 1.54) is 18.4 Å². The molecule has 0 amide bonds. The highest BCUT2D eigenvalue weighted by molar-refractivity contribution is 5.87. The maximum atomic E-state index is 11.0. The summed E-state index contributed by atoms with van der Waals surface area (Å²) in [4.78, 5) is 11.0. The predicted molar refractivity (Wildman–Crippen MR) is 82.1 cm³/mol. The first-order valence-corrected chi connectivity index (χ1v) is 7.34. The van der Waals surface area contributed by atoms with Crippen LogP contribution in [0.5, 0.6) is 0 Å². The van der Waals surface area contributed by atoms with Crippen LogP contribution in [0.4, 0.5) is 0 Å². The highest BCUT2D eigenvalue weighted by Gasteiger charge is 2.31. The Morgan fingerprint density at radius 3 is 2.57 bits per heavy atom. The summed E-state index contributed by atoms with van der Waals surface area (Å²) in [5.41, 5.74) is 2.67. The number of hydrogen-bond donors (Lipinski definition) is 2. The van der Waals surface area contributed by atoms with E-state index in [1.807, 2.05) is 12.1 Å². The van der Waals surface area contributed by atoms with Gasteiger partial charge in [-0.3, -0.25) is 0 Å². The lowest BCUT2D eigenvalue weighted by molar-refractivity contribution is 0.0696. The molecule has 3 rings (SSSR count). The second-order valence-electron chi connectivity index (χ2n) is 5.61. The molecule has 0 aliphatic heterocycles. The topological polar surface area (TPSA) is 49.3 Å². The number of carboxylic acids is 1. The van der Waals surface area contributed by atoms with Crippen molar-refractivity contribution < 1.29 is 9.90 Å². The molecule has 2 aromatic carbocycles. The van der Waals surface area contributed by atoms with Gasteiger partial charge in [0.05, 0.1) is 5.56 Å². The van der Waals surface area contributed by atoms with Gasteiger partial charge in [-0.25, -0.2) is 4.79 Å². The molecule has 1 saturated carbocycles. The molecule has 1 unspecified atom stereocenters. The van der Waals surface area contributed by atoms with Crippen molar-refractivity contribution in [3.63, 3.8) is 0 Å². The normalized spacial score (nSPS) is 15.6. The smallest absolute Gasteiger partial charge is 0.335 e. The van der Waals surface area contributed by atoms with Crippen molar-refractivity contribution >= 4 is 5.97 Å². The van der Waals surface area contributed by atoms with Crippen molar-refractivity contribution in [1.82, 2.24) is 5.32 Å². The molecule has 108 valence electrons. The Kier molecular flexibility index (Phi) is 4.02. The minimum Gasteiger partial charge on any atom is -0.478 e. The molecule has 0 saturated heterocycles. The fraction of sp³-hybridized carbons (Fsp3) is 0.278. The standard InChI is InChI=1S/C18H19NO2/c20-18(21)16-8-4-5-13(11-16)12-19-17(15-9-10-15)14-6-2-1-3-7-14/h1-8,11,15,17,19H,9-10,12H2,(H,20,21). The van der Waals surface area contributed by atoms with Crippen LogP contribution in [0.1, 0.15) is 40.4 Å². The van der Waals surface area contributed by atoms with Crippen molar-refractivity contribution in [2.24, 2.45) is 5.92 Å². The molecule has 3 heteroatoms. The number of hydrogen-bond acceptors (Lipinski definition) is 2. The number of rotatable bonds is 6. The zero-order valence-electron chi connectivity index (χ0n) is 11.8. The van der Waals surface area contributed by atoms with Gasteiger partial charge in [0, 0.05) is 12.6 Å². The van der Waals surface area contributed by atoms with Gasteiger partial charge in [0.25, 0.3) is 0 Å². The molecule has 3 nitrogen and oxygen atoms in total. The quantitative estimate of drug-likeness (QED) is 0.850. The summed E-state index contributed by atoms with van der Waals surface area (Å²) in [5, 5.41) is 12.6. The van der Waals surface area contributed by atoms with E-state index in [0.717, 1.165) is 5.56 Å². The number of carboxylic acid groups (broad SMARTS) is 1. The van der Waals surface area contributed by atoms with E-state index in [9.17, 15) is 4.79 Å². The lowest BCUT2D eigenvalue weighted by Gasteiger charge is -2.19. The lowest BCUT2D eigenvalue weighted by atomic mass is 10.0. The second-order valence-corrected chi connectivity index (χ2v) is 5.61. The third kappa shape index (κ3) is 3.50. The Bertz CT molecular complexity index is 620. The minimum absolute atomic E-state index is 0.344. The first-order chi connectivity index (χ1) is 10.2. The van der Waals surface area contributed by atoms with E-state index in [-0.39, 0.29) is 0 Å². The van der Waals surface area contributed by atoms with Gasteiger partial charge in [0.2, 0.25) is 0 Å². The lowest BCUT2D eigenvalue weighted by Crippen LogP contribution is -2.22. The predicted octanol–water partition coefficient (Wildman–Crippen LogP) is 3.63. The van der Waals surface area contributed by atoms with Crippen LogP contribution in [0, 0.1) is 5.92 Å². The van der Waals surface area contributed by atoms with E-state index in [0.29, 0.717) is 24.1 Å². The first-order valence-electron chi connectivity index (χ1n) is 7.34. The summed E-state index contributed by atoms with van der Waals surface area (Å²) in [6, 6.07) is 18.0. The van der Waals surface area contributed by atoms with Crippen molar-refractivity contribution in [2.75, 3.05) is 0 Å². The average molecular weight is 281 g/mol. The molecule has 1 atom stereocenters. The summed E-state index contributed by atoms with van der Waals surface area (Å²) < 4.78 is 0. The Hall–Kier alpha value is -2.13. The van der Waals surface area contributed by atoms with Crippen molar-refractivity contribution in [3.05, 3.63) is 71.3 Å². The van der Waals surface area contributed by atoms with Gasteiger partial charge in [0.1, 0.15) is 0 Å². The molecule has 0 heterocycles. The Balaban J connectivity index is 1.70. The van der Waals surface area contributed by atoms with Gasteiger partial charge >= 0.3 is 5.97 Å². The number of aromatic carboxylic acids is 1. The molecule has 1 fully saturated rings. The molecular formula is C18H19NO2. The van der Waals surface area contributed by atoms with Crippen LogP contribution in [0.25, 0.3) is 0 Å². The maximum Gasteiger partial charge on any atom is 0.335 e. The zero-order valence-corrected chi connectivity index (χ0v) is 11.8. The van der Waals surface area contributed by atoms with Crippen molar-refractivity contribution in [1.29, 1.82) is 0 Å². The van der Waals surface area contributed by atoms with Gasteiger partial charge in [-0.05, 0) is 42.0 Å². The summed E-state index contributed by atoms with van der Waals surface area (Å²) in [6.45, 7) is 0.692. The van der Waals surface area contributed by atoms with E-state index < -0.39 is 5.97 Å². The van der Waals surface area contributed by atoms with E-state index >= 15 is 0 Å². The van der Waals surface area contributed by atoms with E-state index in [2.05, 4.69) is 29.6 Å². The van der Waals surface area contributed by atoms with Crippen LogP contribution < -0.4 is 5.32 Å². The van der Waals surface area contributed by atoms with Crippen LogP contribution >= 0.6 is 0 Å². The molecule has 0 bridgehead atoms. The van der Waals surface area contributed by atoms with Crippen LogP contribution in [-0.4, -0.2) is 11.1 Å². The molecule has 0 spiro atoms. The second kappa shape index (κ2) is 6.10. The van der Waals surface area contributed by atoms with Crippen LogP contribution in [0.3, 0.4) is 0 Å². The van der Waals surface area contributed by atoms with Gasteiger partial charge in [-0.15, -0.1) is 0 Å². The number of carbonyl (C=O) groups is 1. The fourth-order valence-electron chi connectivity index (χ4n) is 2.69. The highest BCUT2D eigenvalue weighted by atomic mass is 16.4. The molecule has 0 aromatic heterocycles. The Labute approximate surface area is 124 Å². The molecule has 21 heavy (non-hydrogen) atoms. The van der Waals surface area contributed by atoms with E-state index in [4.69, 9.17) is 5.11 Å². The fourth-order valence-corrected chi connectivity index (χ4v) is 2.69. The first kappa shape index (κ1) is 13.8. The highest BCUT2D eigenvalue weighted by Crippen LogP contribution is 2.41. The van der Waals surface area contributed by atoms with Crippen LogP contribution in [0.2, 0.25) is 0 Å². The molecule has 1 aliphatic rings. The van der Waals surface area contributed by atoms with E-state index in [1.54, 1.807) is 18.2 Å².